The Morgan fingerprint density at radius 1 is 0.836 bits per heavy atom. The Morgan fingerprint density at radius 3 is 2.07 bits per heavy atom. The molecular formula is C50H87N3O18P2. The summed E-state index contributed by atoms with van der Waals surface area (Å²) in [5.41, 5.74) is 4.76. The average molecular weight is 1080 g/mol. The van der Waals surface area contributed by atoms with Crippen LogP contribution in [-0.2, 0) is 51.1 Å². The number of rotatable bonds is 23. The number of Topliss-reactive ketones (excluding diaryl/α,β-unsaturated/α-hetero) is 1. The number of hydrogen-bond acceptors (Lipinski definition) is 18. The van der Waals surface area contributed by atoms with Crippen molar-refractivity contribution in [3.05, 3.63) is 34.9 Å². The van der Waals surface area contributed by atoms with E-state index in [1.165, 1.54) is 75.8 Å². The van der Waals surface area contributed by atoms with Gasteiger partial charge in [-0.15, -0.1) is 0 Å². The summed E-state index contributed by atoms with van der Waals surface area (Å²) in [6.07, 6.45) is 9.80. The number of aliphatic hydroxyl groups is 4. The molecule has 21 nitrogen and oxygen atoms in total. The van der Waals surface area contributed by atoms with Crippen LogP contribution in [0.1, 0.15) is 188 Å². The van der Waals surface area contributed by atoms with Gasteiger partial charge in [0.15, 0.2) is 6.10 Å². The number of cyclic esters (lactones) is 1. The molecule has 420 valence electrons. The lowest BCUT2D eigenvalue weighted by molar-refractivity contribution is -0.184. The molecule has 0 aliphatic carbocycles. The van der Waals surface area contributed by atoms with Crippen LogP contribution < -0.4 is 11.4 Å². The predicted molar refractivity (Wildman–Crippen MR) is 271 cm³/mol. The van der Waals surface area contributed by atoms with Gasteiger partial charge in [-0.05, 0) is 37.7 Å². The van der Waals surface area contributed by atoms with Crippen LogP contribution >= 0.6 is 15.6 Å². The number of aliphatic hydroxyl groups excluding tert-OH is 4. The van der Waals surface area contributed by atoms with Crippen LogP contribution in [0.3, 0.4) is 0 Å². The maximum absolute atomic E-state index is 14.3. The van der Waals surface area contributed by atoms with Crippen LogP contribution in [0.2, 0.25) is 0 Å². The van der Waals surface area contributed by atoms with Gasteiger partial charge in [-0.1, -0.05) is 148 Å². The van der Waals surface area contributed by atoms with Gasteiger partial charge in [0.05, 0.1) is 37.4 Å². The maximum atomic E-state index is 14.3. The van der Waals surface area contributed by atoms with Crippen molar-refractivity contribution < 1.29 is 81.3 Å². The molecule has 2 saturated heterocycles. The molecule has 2 aliphatic rings. The van der Waals surface area contributed by atoms with E-state index in [0.717, 1.165) is 49.0 Å². The number of hydrogen-bond donors (Lipinski definition) is 7. The van der Waals surface area contributed by atoms with Crippen molar-refractivity contribution in [1.82, 2.24) is 9.55 Å². The standard InChI is InChI=1S/C50H87N3O18P2/c1-4-5-18-24-37(54)28-29-39-41(55)32-42(56)40-25-20-16-17-21-26-45(57)66-33-38(69-46(58)27-22-15-13-11-9-7-6-8-10-12-14-19-23-36(2)3)34-67-72(62,63)71-73(64,65)68-35-43(48(60)47(39)59)70-49(40)53-31-30-44(51)52-50(53)61/h28-31,36-41,43,47-49,54-55,59-60H,4-27,32-35H2,1-3H3,(H,62,63)(H,64,65)(H2,51,52,61)/b29-28+/t37-,38+,39-,40-,41+,43+,47-,48+,49+/m0/s1. The van der Waals surface area contributed by atoms with Gasteiger partial charge in [0.2, 0.25) is 0 Å². The van der Waals surface area contributed by atoms with E-state index in [1.54, 1.807) is 0 Å². The van der Waals surface area contributed by atoms with E-state index in [-0.39, 0.29) is 25.1 Å². The van der Waals surface area contributed by atoms with Crippen molar-refractivity contribution in [2.45, 2.75) is 224 Å². The van der Waals surface area contributed by atoms with Crippen molar-refractivity contribution in [3.63, 3.8) is 0 Å². The summed E-state index contributed by atoms with van der Waals surface area (Å²) < 4.78 is 59.1. The Kier molecular flexibility index (Phi) is 30.6. The van der Waals surface area contributed by atoms with E-state index in [4.69, 9.17) is 29.0 Å². The number of phosphoric ester groups is 2. The molecule has 2 unspecified atom stereocenters. The molecule has 11 atom stereocenters. The van der Waals surface area contributed by atoms with Crippen LogP contribution in [0.4, 0.5) is 5.82 Å². The highest BCUT2D eigenvalue weighted by atomic mass is 31.3. The molecule has 0 saturated carbocycles. The topological polar surface area (TPSA) is 323 Å². The average Bonchev–Trinajstić information content (AvgIpc) is 3.31. The summed E-state index contributed by atoms with van der Waals surface area (Å²) >= 11 is 0. The Labute approximate surface area is 431 Å². The number of carbonyl (C=O) groups excluding carboxylic acids is 3. The molecule has 73 heavy (non-hydrogen) atoms. The molecule has 1 aromatic heterocycles. The molecule has 2 aliphatic heterocycles. The minimum atomic E-state index is -5.71. The van der Waals surface area contributed by atoms with Crippen LogP contribution in [0.25, 0.3) is 0 Å². The number of phosphoric acid groups is 2. The molecule has 0 aromatic carbocycles. The Morgan fingerprint density at radius 2 is 1.44 bits per heavy atom. The second kappa shape index (κ2) is 34.7. The largest absolute Gasteiger partial charge is 0.481 e. The van der Waals surface area contributed by atoms with Gasteiger partial charge in [0.1, 0.15) is 36.6 Å². The fourth-order valence-electron chi connectivity index (χ4n) is 8.92. The SMILES string of the molecule is CCCCC[C@H](O)/C=C/[C@@H]1[C@H](O)[C@H](O)[C@H]2COP(=O)(O)OP(=O)(O)OC[C@H](OC(=O)CCCCCCCCCCCCCCC(C)C)COC(=O)CCCCCC[C@@H](C(=O)C[C@H]1O)[C@H](n1ccc(N)nc1=O)O2. The highest BCUT2D eigenvalue weighted by Crippen LogP contribution is 2.60. The molecule has 0 amide bonds. The molecule has 1 aromatic rings. The van der Waals surface area contributed by atoms with Crippen molar-refractivity contribution in [3.8, 4) is 0 Å². The number of ketones is 1. The third kappa shape index (κ3) is 26.1. The number of nitrogens with zero attached hydrogens (tertiary/aromatic N) is 2. The third-order valence-corrected chi connectivity index (χ3v) is 15.8. The maximum Gasteiger partial charge on any atom is 0.481 e. The third-order valence-electron chi connectivity index (χ3n) is 13.2. The number of aromatic nitrogens is 2. The molecule has 3 rings (SSSR count). The summed E-state index contributed by atoms with van der Waals surface area (Å²) in [6.45, 7) is 3.78. The number of fused-ring (bicyclic) bond motifs is 3. The van der Waals surface area contributed by atoms with Crippen molar-refractivity contribution in [2.24, 2.45) is 17.8 Å². The first-order chi connectivity index (χ1) is 34.7. The van der Waals surface area contributed by atoms with E-state index in [1.807, 2.05) is 6.92 Å². The van der Waals surface area contributed by atoms with Gasteiger partial charge >= 0.3 is 33.3 Å². The minimum absolute atomic E-state index is 0.00101. The monoisotopic (exact) mass is 1080 g/mol. The Bertz CT molecular complexity index is 1960. The lowest BCUT2D eigenvalue weighted by Gasteiger charge is -2.38. The number of unbranched alkanes of at least 4 members (excludes halogenated alkanes) is 13. The van der Waals surface area contributed by atoms with E-state index in [9.17, 15) is 58.5 Å². The summed E-state index contributed by atoms with van der Waals surface area (Å²) in [7, 11) is -11.3. The summed E-state index contributed by atoms with van der Waals surface area (Å²) in [5, 5.41) is 45.6. The van der Waals surface area contributed by atoms with Gasteiger partial charge < -0.3 is 50.2 Å². The summed E-state index contributed by atoms with van der Waals surface area (Å²) in [6, 6.07) is 1.23. The van der Waals surface area contributed by atoms with Crippen LogP contribution in [0.15, 0.2) is 29.2 Å². The smallest absolute Gasteiger partial charge is 0.462 e. The predicted octanol–water partition coefficient (Wildman–Crippen LogP) is 7.67. The first-order valence-electron chi connectivity index (χ1n) is 26.7. The van der Waals surface area contributed by atoms with Crippen LogP contribution in [-0.4, -0.2) is 114 Å². The molecule has 2 bridgehead atoms. The van der Waals surface area contributed by atoms with Gasteiger partial charge in [0, 0.05) is 31.4 Å². The van der Waals surface area contributed by atoms with E-state index in [2.05, 4.69) is 23.1 Å². The summed E-state index contributed by atoms with van der Waals surface area (Å²) in [4.78, 5) is 78.5. The number of nitrogens with two attached hydrogens (primary N) is 1. The van der Waals surface area contributed by atoms with Crippen LogP contribution in [0.5, 0.6) is 0 Å². The van der Waals surface area contributed by atoms with E-state index >= 15 is 0 Å². The van der Waals surface area contributed by atoms with Crippen molar-refractivity contribution >= 4 is 39.2 Å². The number of nitrogen functional groups attached to an aromatic ring is 1. The molecule has 2 fully saturated rings. The molecular weight excluding hydrogens is 993 g/mol. The fraction of sp³-hybridized carbons (Fsp3) is 0.820. The summed E-state index contributed by atoms with van der Waals surface area (Å²) in [5.74, 6) is -4.17. The fourth-order valence-corrected chi connectivity index (χ4v) is 11.0. The molecule has 23 heteroatoms. The minimum Gasteiger partial charge on any atom is -0.462 e. The lowest BCUT2D eigenvalue weighted by atomic mass is 9.83. The Hall–Kier alpha value is -2.91. The molecule has 8 N–H and O–H groups in total. The number of anilines is 1. The normalized spacial score (nSPS) is 29.4. The van der Waals surface area contributed by atoms with Crippen molar-refractivity contribution in [1.29, 1.82) is 0 Å². The van der Waals surface area contributed by atoms with Gasteiger partial charge in [-0.3, -0.25) is 28.0 Å². The van der Waals surface area contributed by atoms with Gasteiger partial charge in [0.25, 0.3) is 0 Å². The zero-order chi connectivity index (χ0) is 53.8. The first kappa shape index (κ1) is 64.4. The second-order valence-corrected chi connectivity index (χ2v) is 23.0. The van der Waals surface area contributed by atoms with Gasteiger partial charge in [-0.2, -0.15) is 9.29 Å². The van der Waals surface area contributed by atoms with E-state index in [0.29, 0.717) is 44.9 Å². The first-order valence-corrected chi connectivity index (χ1v) is 29.7. The zero-order valence-corrected chi connectivity index (χ0v) is 45.1. The van der Waals surface area contributed by atoms with Gasteiger partial charge in [-0.25, -0.2) is 13.9 Å². The number of ether oxygens (including phenoxy) is 3. The quantitative estimate of drug-likeness (QED) is 0.0239. The van der Waals surface area contributed by atoms with Crippen molar-refractivity contribution in [2.75, 3.05) is 25.6 Å². The molecule has 3 heterocycles. The molecule has 0 radical (unpaired) electrons. The molecule has 0 spiro atoms. The second-order valence-electron chi connectivity index (χ2n) is 20.0. The van der Waals surface area contributed by atoms with E-state index < -0.39 is 120 Å². The van der Waals surface area contributed by atoms with Crippen LogP contribution in [0, 0.1) is 17.8 Å². The highest BCUT2D eigenvalue weighted by Gasteiger charge is 2.45. The zero-order valence-electron chi connectivity index (χ0n) is 43.3. The Balaban J connectivity index is 1.78. The lowest BCUT2D eigenvalue weighted by Crippen LogP contribution is -2.51. The number of esters is 2. The highest BCUT2D eigenvalue weighted by molar-refractivity contribution is 7.61. The number of carbonyl (C=O) groups is 3.